The molecule has 1 aromatic rings. The van der Waals surface area contributed by atoms with Crippen LogP contribution in [0.5, 0.6) is 0 Å². The molecule has 6 heteroatoms. The summed E-state index contributed by atoms with van der Waals surface area (Å²) in [6, 6.07) is 9.67. The van der Waals surface area contributed by atoms with Crippen LogP contribution in [0.2, 0.25) is 0 Å². The van der Waals surface area contributed by atoms with E-state index >= 15 is 0 Å². The molecule has 0 radical (unpaired) electrons. The number of halogens is 1. The minimum absolute atomic E-state index is 0. The quantitative estimate of drug-likeness (QED) is 0.270. The maximum Gasteiger partial charge on any atom is 0.317 e. The number of unbranched alkanes of at least 4 members (excludes halogenated alkanes) is 6. The third kappa shape index (κ3) is 13.4. The molecular weight excluding hydrogens is 442 g/mol. The van der Waals surface area contributed by atoms with Crippen LogP contribution in [0.25, 0.3) is 0 Å². The van der Waals surface area contributed by atoms with Crippen LogP contribution in [0.15, 0.2) is 30.3 Å². The number of hydrogen-bond donors (Lipinski definition) is 1. The molecule has 0 saturated heterocycles. The normalized spacial score (nSPS) is 12.3. The molecular formula is C21H34BrNO2S2. The van der Waals surface area contributed by atoms with Crippen molar-refractivity contribution < 1.29 is 31.4 Å². The third-order valence-corrected chi connectivity index (χ3v) is 6.03. The molecule has 27 heavy (non-hydrogen) atoms. The van der Waals surface area contributed by atoms with E-state index in [1.807, 2.05) is 30.3 Å². The zero-order chi connectivity index (χ0) is 19.4. The van der Waals surface area contributed by atoms with Crippen molar-refractivity contribution in [3.8, 4) is 0 Å². The van der Waals surface area contributed by atoms with Gasteiger partial charge in [0.15, 0.2) is 0 Å². The number of thiocarbonyl (C=S) groups is 1. The van der Waals surface area contributed by atoms with Gasteiger partial charge in [0.05, 0.1) is 31.9 Å². The summed E-state index contributed by atoms with van der Waals surface area (Å²) >= 11 is 6.71. The fourth-order valence-electron chi connectivity index (χ4n) is 2.80. The van der Waals surface area contributed by atoms with Crippen LogP contribution in [0.3, 0.4) is 0 Å². The van der Waals surface area contributed by atoms with E-state index in [0.29, 0.717) is 10.6 Å². The molecule has 1 atom stereocenters. The Bertz CT molecular complexity index is 547. The topological polar surface area (TPSA) is 37.3 Å². The molecule has 3 nitrogen and oxygen atoms in total. The van der Waals surface area contributed by atoms with Gasteiger partial charge in [0.2, 0.25) is 0 Å². The van der Waals surface area contributed by atoms with Gasteiger partial charge in [-0.25, -0.2) is 0 Å². The second-order valence-corrected chi connectivity index (χ2v) is 9.76. The van der Waals surface area contributed by atoms with Crippen molar-refractivity contribution in [3.05, 3.63) is 35.9 Å². The van der Waals surface area contributed by atoms with Crippen LogP contribution in [0.1, 0.15) is 56.9 Å². The number of rotatable bonds is 13. The zero-order valence-corrected chi connectivity index (χ0v) is 20.0. The van der Waals surface area contributed by atoms with Crippen LogP contribution >= 0.6 is 24.0 Å². The first-order chi connectivity index (χ1) is 12.3. The fourth-order valence-corrected chi connectivity index (χ4v) is 4.20. The zero-order valence-electron chi connectivity index (χ0n) is 16.8. The molecule has 154 valence electrons. The molecule has 1 aromatic carbocycles. The van der Waals surface area contributed by atoms with Crippen molar-refractivity contribution in [2.45, 2.75) is 56.6 Å². The van der Waals surface area contributed by atoms with E-state index in [1.165, 1.54) is 50.4 Å². The Balaban J connectivity index is 0.00000676. The highest BCUT2D eigenvalue weighted by molar-refractivity contribution is 8.24. The van der Waals surface area contributed by atoms with Crippen LogP contribution in [0.4, 0.5) is 0 Å². The van der Waals surface area contributed by atoms with Crippen molar-refractivity contribution >= 4 is 34.1 Å². The molecule has 0 heterocycles. The second kappa shape index (κ2) is 14.6. The molecule has 1 unspecified atom stereocenters. The predicted molar refractivity (Wildman–Crippen MR) is 117 cm³/mol. The Morgan fingerprint density at radius 1 is 1.00 bits per heavy atom. The van der Waals surface area contributed by atoms with Gasteiger partial charge in [-0.15, -0.1) is 0 Å². The summed E-state index contributed by atoms with van der Waals surface area (Å²) in [4.78, 5) is 11.5. The first-order valence-corrected chi connectivity index (χ1v) is 10.9. The van der Waals surface area contributed by atoms with Crippen LogP contribution in [-0.4, -0.2) is 52.7 Å². The molecule has 0 aliphatic carbocycles. The van der Waals surface area contributed by atoms with E-state index < -0.39 is 11.2 Å². The maximum atomic E-state index is 11.5. The van der Waals surface area contributed by atoms with Crippen LogP contribution in [0, 0.1) is 0 Å². The van der Waals surface area contributed by atoms with E-state index in [-0.39, 0.29) is 17.0 Å². The number of benzene rings is 1. The molecule has 0 amide bonds. The Morgan fingerprint density at radius 3 is 2.04 bits per heavy atom. The maximum absolute atomic E-state index is 11.5. The van der Waals surface area contributed by atoms with Gasteiger partial charge in [-0.3, -0.25) is 4.79 Å². The minimum atomic E-state index is -0.756. The highest BCUT2D eigenvalue weighted by atomic mass is 79.9. The van der Waals surface area contributed by atoms with Crippen molar-refractivity contribution in [2.75, 3.05) is 27.7 Å². The number of thioether (sulfide) groups is 1. The summed E-state index contributed by atoms with van der Waals surface area (Å²) in [5.41, 5.74) is 0.938. The molecule has 0 spiro atoms. The second-order valence-electron chi connectivity index (χ2n) is 7.88. The number of carboxylic acids is 1. The lowest BCUT2D eigenvalue weighted by Crippen LogP contribution is -3.00. The summed E-state index contributed by atoms with van der Waals surface area (Å²) in [5, 5.41) is 9.01. The number of carboxylic acid groups (broad SMARTS) is 1. The van der Waals surface area contributed by atoms with E-state index in [2.05, 4.69) is 21.1 Å². The highest BCUT2D eigenvalue weighted by Gasteiger charge is 2.20. The van der Waals surface area contributed by atoms with E-state index in [9.17, 15) is 9.90 Å². The van der Waals surface area contributed by atoms with Crippen LogP contribution in [-0.2, 0) is 4.79 Å². The molecule has 1 rings (SSSR count). The van der Waals surface area contributed by atoms with Crippen molar-refractivity contribution in [1.29, 1.82) is 0 Å². The van der Waals surface area contributed by atoms with Crippen LogP contribution < -0.4 is 17.0 Å². The summed E-state index contributed by atoms with van der Waals surface area (Å²) in [7, 11) is 6.71. The van der Waals surface area contributed by atoms with E-state index in [1.54, 1.807) is 0 Å². The average molecular weight is 477 g/mol. The average Bonchev–Trinajstić information content (AvgIpc) is 2.58. The van der Waals surface area contributed by atoms with Crippen molar-refractivity contribution in [2.24, 2.45) is 0 Å². The lowest BCUT2D eigenvalue weighted by Gasteiger charge is -2.23. The number of nitrogens with zero attached hydrogens (tertiary/aromatic N) is 1. The standard InChI is InChI=1S/C21H33NO2S2.BrH/c1-22(2,3)17-13-8-6-4-5-7-12-16-19(20(23)24)26-21(25)18-14-10-9-11-15-18;/h9-11,14-15,19H,4-8,12-13,16-17H2,1-3H3;1H. The predicted octanol–water partition coefficient (Wildman–Crippen LogP) is 2.38. The molecule has 0 saturated carbocycles. The Kier molecular flexibility index (Phi) is 14.3. The summed E-state index contributed by atoms with van der Waals surface area (Å²) in [6.45, 7) is 1.23. The highest BCUT2D eigenvalue weighted by Crippen LogP contribution is 2.24. The molecule has 0 aliphatic heterocycles. The van der Waals surface area contributed by atoms with Gasteiger partial charge in [-0.1, -0.05) is 86.4 Å². The number of aliphatic carboxylic acids is 1. The third-order valence-electron chi connectivity index (χ3n) is 4.33. The van der Waals surface area contributed by atoms with Gasteiger partial charge in [-0.2, -0.15) is 0 Å². The largest absolute Gasteiger partial charge is 1.00 e. The summed E-state index contributed by atoms with van der Waals surface area (Å²) < 4.78 is 1.72. The molecule has 0 aromatic heterocycles. The fraction of sp³-hybridized carbons (Fsp3) is 0.619. The van der Waals surface area contributed by atoms with Gasteiger partial charge in [-0.05, 0) is 24.8 Å². The van der Waals surface area contributed by atoms with Crippen molar-refractivity contribution in [3.63, 3.8) is 0 Å². The Hall–Kier alpha value is -0.430. The summed E-state index contributed by atoms with van der Waals surface area (Å²) in [6.07, 6.45) is 9.09. The van der Waals surface area contributed by atoms with Crippen molar-refractivity contribution in [1.82, 2.24) is 0 Å². The number of carbonyl (C=O) groups is 1. The SMILES string of the molecule is C[N+](C)(C)CCCCCCCCCC(SC(=S)c1ccccc1)C(=O)O.[Br-]. The first-order valence-electron chi connectivity index (χ1n) is 9.59. The van der Waals surface area contributed by atoms with Gasteiger partial charge in [0.25, 0.3) is 0 Å². The molecule has 0 fully saturated rings. The smallest absolute Gasteiger partial charge is 0.317 e. The molecule has 1 N–H and O–H groups in total. The molecule has 0 bridgehead atoms. The van der Waals surface area contributed by atoms with Gasteiger partial charge in [0.1, 0.15) is 5.25 Å². The lowest BCUT2D eigenvalue weighted by atomic mass is 10.1. The van der Waals surface area contributed by atoms with Gasteiger partial charge in [0, 0.05) is 0 Å². The number of hydrogen-bond acceptors (Lipinski definition) is 3. The molecule has 0 aliphatic rings. The lowest BCUT2D eigenvalue weighted by molar-refractivity contribution is -0.870. The minimum Gasteiger partial charge on any atom is -1.00 e. The van der Waals surface area contributed by atoms with E-state index in [0.717, 1.165) is 22.9 Å². The Morgan fingerprint density at radius 2 is 1.52 bits per heavy atom. The first kappa shape index (κ1) is 26.6. The van der Waals surface area contributed by atoms with E-state index in [4.69, 9.17) is 12.2 Å². The Labute approximate surface area is 185 Å². The summed E-state index contributed by atoms with van der Waals surface area (Å²) in [5.74, 6) is -0.756. The van der Waals surface area contributed by atoms with Gasteiger partial charge >= 0.3 is 5.97 Å². The monoisotopic (exact) mass is 475 g/mol. The number of quaternary nitrogens is 1. The van der Waals surface area contributed by atoms with Gasteiger partial charge < -0.3 is 26.6 Å².